The van der Waals surface area contributed by atoms with Gasteiger partial charge in [-0.15, -0.1) is 0 Å². The lowest BCUT2D eigenvalue weighted by Gasteiger charge is -2.17. The molecule has 24 heavy (non-hydrogen) atoms. The van der Waals surface area contributed by atoms with Gasteiger partial charge in [-0.3, -0.25) is 4.79 Å². The van der Waals surface area contributed by atoms with E-state index in [1.165, 1.54) is 7.11 Å². The van der Waals surface area contributed by atoms with Gasteiger partial charge < -0.3 is 10.1 Å². The van der Waals surface area contributed by atoms with Crippen molar-refractivity contribution in [1.29, 1.82) is 0 Å². The highest BCUT2D eigenvalue weighted by molar-refractivity contribution is 6.31. The van der Waals surface area contributed by atoms with E-state index in [-0.39, 0.29) is 12.0 Å². The SMILES string of the molecule is COC(=O)[C@@H](Cc1ccccc1Cl)NC(=O)c1ccc(F)cc1F. The number of carbonyl (C=O) groups is 2. The summed E-state index contributed by atoms with van der Waals surface area (Å²) >= 11 is 6.05. The van der Waals surface area contributed by atoms with Crippen LogP contribution in [0.5, 0.6) is 0 Å². The van der Waals surface area contributed by atoms with Crippen LogP contribution in [0.4, 0.5) is 8.78 Å². The Balaban J connectivity index is 2.21. The molecule has 0 aliphatic rings. The predicted molar refractivity (Wildman–Crippen MR) is 84.8 cm³/mol. The Bertz CT molecular complexity index is 767. The first-order valence-corrected chi connectivity index (χ1v) is 7.37. The quantitative estimate of drug-likeness (QED) is 0.840. The molecule has 7 heteroatoms. The van der Waals surface area contributed by atoms with Gasteiger partial charge in [-0.05, 0) is 23.8 Å². The Morgan fingerprint density at radius 2 is 1.92 bits per heavy atom. The monoisotopic (exact) mass is 353 g/mol. The minimum atomic E-state index is -1.06. The molecule has 126 valence electrons. The van der Waals surface area contributed by atoms with Crippen LogP contribution in [0.15, 0.2) is 42.5 Å². The lowest BCUT2D eigenvalue weighted by atomic mass is 10.1. The third-order valence-corrected chi connectivity index (χ3v) is 3.72. The molecule has 2 aromatic rings. The average Bonchev–Trinajstić information content (AvgIpc) is 2.55. The van der Waals surface area contributed by atoms with E-state index in [4.69, 9.17) is 11.6 Å². The molecule has 0 fully saturated rings. The molecule has 4 nitrogen and oxygen atoms in total. The van der Waals surface area contributed by atoms with Crippen molar-refractivity contribution in [3.63, 3.8) is 0 Å². The molecule has 1 N–H and O–H groups in total. The number of methoxy groups -OCH3 is 1. The minimum Gasteiger partial charge on any atom is -0.467 e. The van der Waals surface area contributed by atoms with Gasteiger partial charge >= 0.3 is 5.97 Å². The van der Waals surface area contributed by atoms with Gasteiger partial charge in [-0.2, -0.15) is 0 Å². The lowest BCUT2D eigenvalue weighted by Crippen LogP contribution is -2.43. The maximum Gasteiger partial charge on any atom is 0.328 e. The fourth-order valence-corrected chi connectivity index (χ4v) is 2.34. The zero-order valence-corrected chi connectivity index (χ0v) is 13.4. The molecule has 1 amide bonds. The number of amides is 1. The summed E-state index contributed by atoms with van der Waals surface area (Å²) < 4.78 is 31.3. The Morgan fingerprint density at radius 1 is 1.21 bits per heavy atom. The van der Waals surface area contributed by atoms with E-state index >= 15 is 0 Å². The van der Waals surface area contributed by atoms with Crippen LogP contribution in [0.2, 0.25) is 5.02 Å². The summed E-state index contributed by atoms with van der Waals surface area (Å²) in [6.07, 6.45) is 0.0703. The lowest BCUT2D eigenvalue weighted by molar-refractivity contribution is -0.142. The number of rotatable bonds is 5. The van der Waals surface area contributed by atoms with Crippen molar-refractivity contribution in [3.8, 4) is 0 Å². The van der Waals surface area contributed by atoms with Crippen LogP contribution in [0.3, 0.4) is 0 Å². The highest BCUT2D eigenvalue weighted by Gasteiger charge is 2.24. The van der Waals surface area contributed by atoms with Crippen LogP contribution in [-0.2, 0) is 16.0 Å². The molecule has 0 spiro atoms. The van der Waals surface area contributed by atoms with Crippen molar-refractivity contribution in [3.05, 3.63) is 70.2 Å². The first-order chi connectivity index (χ1) is 11.4. The third kappa shape index (κ3) is 4.29. The molecule has 0 aliphatic carbocycles. The Labute approximate surface area is 142 Å². The predicted octanol–water partition coefficient (Wildman–Crippen LogP) is 3.13. The van der Waals surface area contributed by atoms with E-state index in [1.54, 1.807) is 24.3 Å². The molecule has 0 bridgehead atoms. The number of carbonyl (C=O) groups excluding carboxylic acids is 2. The van der Waals surface area contributed by atoms with Gasteiger partial charge in [-0.25, -0.2) is 13.6 Å². The summed E-state index contributed by atoms with van der Waals surface area (Å²) in [5, 5.41) is 2.81. The number of hydrogen-bond acceptors (Lipinski definition) is 3. The summed E-state index contributed by atoms with van der Waals surface area (Å²) in [5.74, 6) is -3.38. The third-order valence-electron chi connectivity index (χ3n) is 3.35. The van der Waals surface area contributed by atoms with Gasteiger partial charge in [0.25, 0.3) is 5.91 Å². The first-order valence-electron chi connectivity index (χ1n) is 6.99. The molecule has 0 saturated heterocycles. The summed E-state index contributed by atoms with van der Waals surface area (Å²) in [6.45, 7) is 0. The van der Waals surface area contributed by atoms with Crippen LogP contribution >= 0.6 is 11.6 Å². The first kappa shape index (κ1) is 17.9. The normalized spacial score (nSPS) is 11.7. The highest BCUT2D eigenvalue weighted by Crippen LogP contribution is 2.17. The second-order valence-corrected chi connectivity index (χ2v) is 5.38. The Morgan fingerprint density at radius 3 is 2.54 bits per heavy atom. The molecular formula is C17H14ClF2NO3. The van der Waals surface area contributed by atoms with Crippen molar-refractivity contribution in [2.45, 2.75) is 12.5 Å². The summed E-state index contributed by atoms with van der Waals surface area (Å²) in [6, 6.07) is 8.30. The number of hydrogen-bond donors (Lipinski definition) is 1. The number of nitrogens with one attached hydrogen (secondary N) is 1. The fourth-order valence-electron chi connectivity index (χ4n) is 2.13. The van der Waals surface area contributed by atoms with Crippen LogP contribution in [0.1, 0.15) is 15.9 Å². The highest BCUT2D eigenvalue weighted by atomic mass is 35.5. The van der Waals surface area contributed by atoms with Gasteiger partial charge in [-0.1, -0.05) is 29.8 Å². The zero-order chi connectivity index (χ0) is 17.7. The van der Waals surface area contributed by atoms with Gasteiger partial charge in [0.1, 0.15) is 17.7 Å². The molecule has 1 atom stereocenters. The topological polar surface area (TPSA) is 55.4 Å². The molecule has 0 unspecified atom stereocenters. The van der Waals surface area contributed by atoms with E-state index < -0.39 is 29.6 Å². The van der Waals surface area contributed by atoms with Gasteiger partial charge in [0, 0.05) is 17.5 Å². The van der Waals surface area contributed by atoms with Crippen molar-refractivity contribution in [2.75, 3.05) is 7.11 Å². The molecular weight excluding hydrogens is 340 g/mol. The van der Waals surface area contributed by atoms with Crippen LogP contribution in [-0.4, -0.2) is 25.0 Å². The van der Waals surface area contributed by atoms with Crippen molar-refractivity contribution in [1.82, 2.24) is 5.32 Å². The molecule has 2 aromatic carbocycles. The molecule has 0 aliphatic heterocycles. The largest absolute Gasteiger partial charge is 0.467 e. The second kappa shape index (κ2) is 7.88. The zero-order valence-electron chi connectivity index (χ0n) is 12.7. The summed E-state index contributed by atoms with van der Waals surface area (Å²) in [7, 11) is 1.17. The molecule has 0 aromatic heterocycles. The van der Waals surface area contributed by atoms with E-state index in [1.807, 2.05) is 0 Å². The molecule has 0 radical (unpaired) electrons. The molecule has 0 saturated carbocycles. The molecule has 0 heterocycles. The van der Waals surface area contributed by atoms with E-state index in [9.17, 15) is 18.4 Å². The van der Waals surface area contributed by atoms with E-state index in [0.717, 1.165) is 12.1 Å². The number of esters is 1. The maximum absolute atomic E-state index is 13.7. The van der Waals surface area contributed by atoms with Crippen molar-refractivity contribution in [2.24, 2.45) is 0 Å². The minimum absolute atomic E-state index is 0.0703. The van der Waals surface area contributed by atoms with Crippen molar-refractivity contribution >= 4 is 23.5 Å². The standard InChI is InChI=1S/C17H14ClF2NO3/c1-24-17(23)15(8-10-4-2-3-5-13(10)18)21-16(22)12-7-6-11(19)9-14(12)20/h2-7,9,15H,8H2,1H3,(H,21,22)/t15-/m1/s1. The number of halogens is 3. The number of benzene rings is 2. The smallest absolute Gasteiger partial charge is 0.328 e. The molecule has 2 rings (SSSR count). The second-order valence-electron chi connectivity index (χ2n) is 4.97. The van der Waals surface area contributed by atoms with Crippen molar-refractivity contribution < 1.29 is 23.1 Å². The van der Waals surface area contributed by atoms with Crippen LogP contribution in [0, 0.1) is 11.6 Å². The maximum atomic E-state index is 13.7. The summed E-state index contributed by atoms with van der Waals surface area (Å²) in [4.78, 5) is 24.1. The fraction of sp³-hybridized carbons (Fsp3) is 0.176. The summed E-state index contributed by atoms with van der Waals surface area (Å²) in [5.41, 5.74) is 0.249. The van der Waals surface area contributed by atoms with Gasteiger partial charge in [0.15, 0.2) is 0 Å². The number of ether oxygens (including phenoxy) is 1. The van der Waals surface area contributed by atoms with E-state index in [0.29, 0.717) is 16.7 Å². The van der Waals surface area contributed by atoms with Crippen LogP contribution < -0.4 is 5.32 Å². The average molecular weight is 354 g/mol. The van der Waals surface area contributed by atoms with E-state index in [2.05, 4.69) is 10.1 Å². The Kier molecular flexibility index (Phi) is 5.87. The van der Waals surface area contributed by atoms with Gasteiger partial charge in [0.05, 0.1) is 12.7 Å². The van der Waals surface area contributed by atoms with Crippen LogP contribution in [0.25, 0.3) is 0 Å². The van der Waals surface area contributed by atoms with Gasteiger partial charge in [0.2, 0.25) is 0 Å². The Hall–Kier alpha value is -2.47.